The van der Waals surface area contributed by atoms with E-state index in [9.17, 15) is 4.79 Å². The minimum absolute atomic E-state index is 0.562. The van der Waals surface area contributed by atoms with Crippen LogP contribution in [-0.2, 0) is 18.3 Å². The quantitative estimate of drug-likeness (QED) is 0.437. The third-order valence-corrected chi connectivity index (χ3v) is 2.76. The smallest absolute Gasteiger partial charge is 0.234 e. The topological polar surface area (TPSA) is 34.4 Å². The van der Waals surface area contributed by atoms with E-state index < -0.39 is 0 Å². The largest absolute Gasteiger partial charge is 0.350 e. The van der Waals surface area contributed by atoms with Crippen LogP contribution in [0.1, 0.15) is 12.0 Å². The van der Waals surface area contributed by atoms with Gasteiger partial charge in [-0.25, -0.2) is 9.79 Å². The molecular weight excluding hydrogens is 200 g/mol. The molecule has 0 aliphatic carbocycles. The zero-order chi connectivity index (χ0) is 11.4. The molecule has 0 spiro atoms. The maximum atomic E-state index is 9.94. The van der Waals surface area contributed by atoms with Crippen molar-refractivity contribution < 1.29 is 4.79 Å². The van der Waals surface area contributed by atoms with Crippen LogP contribution in [0.25, 0.3) is 10.9 Å². The predicted octanol–water partition coefficient (Wildman–Crippen LogP) is 2.45. The molecule has 0 atom stereocenters. The first-order valence-corrected chi connectivity index (χ1v) is 5.39. The van der Waals surface area contributed by atoms with Gasteiger partial charge in [0, 0.05) is 24.1 Å². The number of hydrogen-bond donors (Lipinski definition) is 0. The second kappa shape index (κ2) is 4.77. The SMILES string of the molecule is Cn1cc(CCCN=C=O)c2ccccc21. The van der Waals surface area contributed by atoms with Gasteiger partial charge in [0.25, 0.3) is 0 Å². The van der Waals surface area contributed by atoms with Crippen LogP contribution in [0.5, 0.6) is 0 Å². The van der Waals surface area contributed by atoms with Crippen molar-refractivity contribution in [3.05, 3.63) is 36.0 Å². The van der Waals surface area contributed by atoms with Crippen LogP contribution in [0.15, 0.2) is 35.5 Å². The molecule has 0 N–H and O–H groups in total. The van der Waals surface area contributed by atoms with E-state index in [1.165, 1.54) is 16.5 Å². The maximum absolute atomic E-state index is 9.94. The van der Waals surface area contributed by atoms with Crippen LogP contribution < -0.4 is 0 Å². The number of nitrogens with zero attached hydrogens (tertiary/aromatic N) is 2. The molecule has 0 aliphatic heterocycles. The van der Waals surface area contributed by atoms with Crippen LogP contribution in [-0.4, -0.2) is 17.2 Å². The highest BCUT2D eigenvalue weighted by Crippen LogP contribution is 2.21. The van der Waals surface area contributed by atoms with Gasteiger partial charge in [-0.05, 0) is 24.5 Å². The monoisotopic (exact) mass is 214 g/mol. The van der Waals surface area contributed by atoms with Crippen molar-refractivity contribution in [2.24, 2.45) is 12.0 Å². The van der Waals surface area contributed by atoms with E-state index in [1.807, 2.05) is 6.07 Å². The Hall–Kier alpha value is -1.86. The molecule has 0 saturated heterocycles. The third-order valence-electron chi connectivity index (χ3n) is 2.76. The van der Waals surface area contributed by atoms with Crippen molar-refractivity contribution in [1.82, 2.24) is 4.57 Å². The number of isocyanates is 1. The van der Waals surface area contributed by atoms with Crippen molar-refractivity contribution in [2.75, 3.05) is 6.54 Å². The summed E-state index contributed by atoms with van der Waals surface area (Å²) in [5.41, 5.74) is 2.57. The summed E-state index contributed by atoms with van der Waals surface area (Å²) >= 11 is 0. The first-order valence-electron chi connectivity index (χ1n) is 5.39. The zero-order valence-electron chi connectivity index (χ0n) is 9.31. The van der Waals surface area contributed by atoms with Gasteiger partial charge in [-0.2, -0.15) is 0 Å². The van der Waals surface area contributed by atoms with Gasteiger partial charge in [-0.15, -0.1) is 0 Å². The van der Waals surface area contributed by atoms with E-state index in [0.717, 1.165) is 12.8 Å². The van der Waals surface area contributed by atoms with Crippen LogP contribution in [0, 0.1) is 0 Å². The van der Waals surface area contributed by atoms with Gasteiger partial charge in [-0.3, -0.25) is 0 Å². The highest BCUT2D eigenvalue weighted by molar-refractivity contribution is 5.83. The highest BCUT2D eigenvalue weighted by atomic mass is 16.1. The third kappa shape index (κ3) is 2.05. The Labute approximate surface area is 94.4 Å². The summed E-state index contributed by atoms with van der Waals surface area (Å²) in [5, 5.41) is 1.29. The van der Waals surface area contributed by atoms with Crippen molar-refractivity contribution >= 4 is 17.0 Å². The summed E-state index contributed by atoms with van der Waals surface area (Å²) in [5.74, 6) is 0. The van der Waals surface area contributed by atoms with E-state index >= 15 is 0 Å². The molecule has 0 aliphatic rings. The molecule has 1 aromatic carbocycles. The summed E-state index contributed by atoms with van der Waals surface area (Å²) in [6.45, 7) is 0.562. The van der Waals surface area contributed by atoms with Gasteiger partial charge < -0.3 is 4.57 Å². The second-order valence-corrected chi connectivity index (χ2v) is 3.86. The van der Waals surface area contributed by atoms with Crippen molar-refractivity contribution in [3.63, 3.8) is 0 Å². The van der Waals surface area contributed by atoms with Gasteiger partial charge in [0.2, 0.25) is 6.08 Å². The maximum Gasteiger partial charge on any atom is 0.234 e. The molecule has 0 radical (unpaired) electrons. The molecule has 2 aromatic rings. The first-order chi connectivity index (χ1) is 7.83. The number of aromatic nitrogens is 1. The van der Waals surface area contributed by atoms with Crippen LogP contribution in [0.3, 0.4) is 0 Å². The molecule has 0 saturated carbocycles. The fourth-order valence-corrected chi connectivity index (χ4v) is 2.02. The number of para-hydroxylation sites is 1. The lowest BCUT2D eigenvalue weighted by Gasteiger charge is -1.96. The zero-order valence-corrected chi connectivity index (χ0v) is 9.31. The van der Waals surface area contributed by atoms with Gasteiger partial charge in [0.05, 0.1) is 6.54 Å². The molecule has 3 heteroatoms. The minimum atomic E-state index is 0.562. The van der Waals surface area contributed by atoms with Gasteiger partial charge in [0.15, 0.2) is 0 Å². The number of aryl methyl sites for hydroxylation is 2. The van der Waals surface area contributed by atoms with E-state index in [1.54, 1.807) is 6.08 Å². The number of hydrogen-bond acceptors (Lipinski definition) is 2. The molecule has 0 amide bonds. The number of carbonyl (C=O) groups excluding carboxylic acids is 1. The fraction of sp³-hybridized carbons (Fsp3) is 0.308. The van der Waals surface area contributed by atoms with Crippen molar-refractivity contribution in [2.45, 2.75) is 12.8 Å². The van der Waals surface area contributed by atoms with Gasteiger partial charge in [-0.1, -0.05) is 18.2 Å². The molecule has 82 valence electrons. The molecule has 0 fully saturated rings. The summed E-state index contributed by atoms with van der Waals surface area (Å²) < 4.78 is 2.13. The van der Waals surface area contributed by atoms with Crippen LogP contribution in [0.4, 0.5) is 0 Å². The molecule has 2 rings (SSSR count). The highest BCUT2D eigenvalue weighted by Gasteiger charge is 2.04. The molecule has 3 nitrogen and oxygen atoms in total. The van der Waals surface area contributed by atoms with E-state index in [-0.39, 0.29) is 0 Å². The van der Waals surface area contributed by atoms with Crippen LogP contribution >= 0.6 is 0 Å². The normalized spacial score (nSPS) is 10.3. The minimum Gasteiger partial charge on any atom is -0.350 e. The average molecular weight is 214 g/mol. The molecule has 0 unspecified atom stereocenters. The number of fused-ring (bicyclic) bond motifs is 1. The average Bonchev–Trinajstić information content (AvgIpc) is 2.63. The Morgan fingerprint density at radius 1 is 1.38 bits per heavy atom. The molecule has 0 bridgehead atoms. The predicted molar refractivity (Wildman–Crippen MR) is 64.2 cm³/mol. The lowest BCUT2D eigenvalue weighted by atomic mass is 10.1. The Morgan fingerprint density at radius 3 is 3.00 bits per heavy atom. The number of rotatable bonds is 4. The Balaban J connectivity index is 2.21. The molecule has 1 heterocycles. The van der Waals surface area contributed by atoms with Crippen molar-refractivity contribution in [1.29, 1.82) is 0 Å². The van der Waals surface area contributed by atoms with E-state index in [4.69, 9.17) is 0 Å². The lowest BCUT2D eigenvalue weighted by Crippen LogP contribution is -1.87. The fourth-order valence-electron chi connectivity index (χ4n) is 2.02. The summed E-state index contributed by atoms with van der Waals surface area (Å²) in [6, 6.07) is 8.34. The van der Waals surface area contributed by atoms with E-state index in [2.05, 4.69) is 41.0 Å². The first kappa shape index (κ1) is 10.7. The van der Waals surface area contributed by atoms with E-state index in [0.29, 0.717) is 6.54 Å². The Bertz CT molecular complexity index is 536. The summed E-state index contributed by atoms with van der Waals surface area (Å²) in [7, 11) is 2.05. The van der Waals surface area contributed by atoms with Gasteiger partial charge >= 0.3 is 0 Å². The van der Waals surface area contributed by atoms with Crippen LogP contribution in [0.2, 0.25) is 0 Å². The summed E-state index contributed by atoms with van der Waals surface area (Å²) in [6.07, 6.45) is 5.56. The second-order valence-electron chi connectivity index (χ2n) is 3.86. The van der Waals surface area contributed by atoms with Crippen molar-refractivity contribution in [3.8, 4) is 0 Å². The van der Waals surface area contributed by atoms with Gasteiger partial charge in [0.1, 0.15) is 0 Å². The Kier molecular flexibility index (Phi) is 3.18. The lowest BCUT2D eigenvalue weighted by molar-refractivity contribution is 0.562. The molecular formula is C13H14N2O. The molecule has 1 aromatic heterocycles. The standard InChI is InChI=1S/C13H14N2O/c1-15-9-11(5-4-8-14-10-16)12-6-2-3-7-13(12)15/h2-3,6-7,9H,4-5,8H2,1H3. The summed E-state index contributed by atoms with van der Waals surface area (Å²) in [4.78, 5) is 13.5. The number of benzene rings is 1. The Morgan fingerprint density at radius 2 is 2.19 bits per heavy atom. The number of aliphatic imine (C=N–C) groups is 1. The molecule has 16 heavy (non-hydrogen) atoms.